The Labute approximate surface area is 254 Å². The molecule has 0 aliphatic carbocycles. The first kappa shape index (κ1) is 30.7. The molecule has 1 unspecified atom stereocenters. The van der Waals surface area contributed by atoms with Gasteiger partial charge < -0.3 is 16.0 Å². The van der Waals surface area contributed by atoms with Crippen LogP contribution in [0.1, 0.15) is 29.3 Å². The second kappa shape index (κ2) is 14.6. The van der Waals surface area contributed by atoms with Crippen LogP contribution < -0.4 is 16.0 Å². The van der Waals surface area contributed by atoms with Crippen molar-refractivity contribution in [1.82, 2.24) is 5.32 Å². The third kappa shape index (κ3) is 8.61. The summed E-state index contributed by atoms with van der Waals surface area (Å²) in [4.78, 5) is 39.8. The summed E-state index contributed by atoms with van der Waals surface area (Å²) in [5.41, 5.74) is 1.34. The molecule has 0 radical (unpaired) electrons. The average Bonchev–Trinajstić information content (AvgIpc) is 2.98. The molecule has 0 saturated heterocycles. The number of rotatable bonds is 10. The van der Waals surface area contributed by atoms with Crippen molar-refractivity contribution in [2.75, 3.05) is 10.6 Å². The fourth-order valence-electron chi connectivity index (χ4n) is 3.80. The van der Waals surface area contributed by atoms with Gasteiger partial charge in [-0.25, -0.2) is 8.78 Å². The maximum absolute atomic E-state index is 14.2. The summed E-state index contributed by atoms with van der Waals surface area (Å²) in [5.74, 6) is -2.41. The van der Waals surface area contributed by atoms with Crippen LogP contribution in [0.15, 0.2) is 112 Å². The highest BCUT2D eigenvalue weighted by molar-refractivity contribution is 9.10. The van der Waals surface area contributed by atoms with Crippen molar-refractivity contribution in [2.45, 2.75) is 23.5 Å². The number of anilines is 2. The van der Waals surface area contributed by atoms with E-state index in [4.69, 9.17) is 0 Å². The minimum absolute atomic E-state index is 0.0455. The van der Waals surface area contributed by atoms with Crippen LogP contribution in [0.5, 0.6) is 0 Å². The van der Waals surface area contributed by atoms with E-state index in [0.29, 0.717) is 32.6 Å². The highest BCUT2D eigenvalue weighted by atomic mass is 79.9. The Kier molecular flexibility index (Phi) is 10.6. The van der Waals surface area contributed by atoms with Gasteiger partial charge in [0.15, 0.2) is 0 Å². The summed E-state index contributed by atoms with van der Waals surface area (Å²) in [6, 6.07) is 25.2. The molecule has 42 heavy (non-hydrogen) atoms. The van der Waals surface area contributed by atoms with Gasteiger partial charge in [-0.1, -0.05) is 59.3 Å². The Hall–Kier alpha value is -4.28. The van der Waals surface area contributed by atoms with E-state index in [0.717, 1.165) is 0 Å². The summed E-state index contributed by atoms with van der Waals surface area (Å²) >= 11 is 4.47. The van der Waals surface area contributed by atoms with E-state index in [1.165, 1.54) is 54.2 Å². The average molecular weight is 651 g/mol. The van der Waals surface area contributed by atoms with E-state index in [2.05, 4.69) is 31.9 Å². The van der Waals surface area contributed by atoms with E-state index in [1.807, 2.05) is 6.92 Å². The highest BCUT2D eigenvalue weighted by Crippen LogP contribution is 2.29. The molecule has 214 valence electrons. The van der Waals surface area contributed by atoms with Gasteiger partial charge in [0.05, 0.1) is 10.9 Å². The molecule has 0 aromatic heterocycles. The molecule has 0 bridgehead atoms. The molecule has 6 nitrogen and oxygen atoms in total. The molecule has 10 heteroatoms. The van der Waals surface area contributed by atoms with Crippen LogP contribution in [0, 0.1) is 11.6 Å². The predicted octanol–water partition coefficient (Wildman–Crippen LogP) is 7.65. The topological polar surface area (TPSA) is 87.3 Å². The van der Waals surface area contributed by atoms with Crippen LogP contribution in [0.3, 0.4) is 0 Å². The molecule has 4 aromatic rings. The summed E-state index contributed by atoms with van der Waals surface area (Å²) in [5, 5.41) is 7.53. The predicted molar refractivity (Wildman–Crippen MR) is 166 cm³/mol. The van der Waals surface area contributed by atoms with Crippen molar-refractivity contribution in [3.63, 3.8) is 0 Å². The molecule has 1 atom stereocenters. The van der Waals surface area contributed by atoms with Crippen molar-refractivity contribution in [1.29, 1.82) is 0 Å². The Balaban J connectivity index is 1.50. The van der Waals surface area contributed by atoms with Crippen LogP contribution >= 0.6 is 27.7 Å². The Bertz CT molecular complexity index is 1620. The number of benzene rings is 4. The Morgan fingerprint density at radius 3 is 2.31 bits per heavy atom. The van der Waals surface area contributed by atoms with Gasteiger partial charge in [-0.05, 0) is 78.7 Å². The van der Waals surface area contributed by atoms with Gasteiger partial charge in [-0.2, -0.15) is 0 Å². The number of amides is 3. The zero-order chi connectivity index (χ0) is 30.1. The molecule has 0 aliphatic heterocycles. The lowest BCUT2D eigenvalue weighted by atomic mass is 10.1. The molecule has 0 heterocycles. The first-order valence-electron chi connectivity index (χ1n) is 12.9. The maximum atomic E-state index is 14.2. The van der Waals surface area contributed by atoms with Crippen molar-refractivity contribution >= 4 is 62.9 Å². The molecule has 4 aromatic carbocycles. The minimum atomic E-state index is -0.596. The van der Waals surface area contributed by atoms with Crippen LogP contribution in [0.4, 0.5) is 20.2 Å². The number of thioether (sulfide) groups is 1. The third-order valence-electron chi connectivity index (χ3n) is 5.93. The van der Waals surface area contributed by atoms with Gasteiger partial charge in [-0.3, -0.25) is 14.4 Å². The van der Waals surface area contributed by atoms with Gasteiger partial charge in [0.1, 0.15) is 17.3 Å². The first-order valence-corrected chi connectivity index (χ1v) is 14.6. The monoisotopic (exact) mass is 649 g/mol. The molecule has 0 fully saturated rings. The lowest BCUT2D eigenvalue weighted by Crippen LogP contribution is -2.30. The van der Waals surface area contributed by atoms with Gasteiger partial charge >= 0.3 is 0 Å². The van der Waals surface area contributed by atoms with Crippen molar-refractivity contribution < 1.29 is 23.2 Å². The molecule has 0 saturated carbocycles. The van der Waals surface area contributed by atoms with Crippen LogP contribution in [-0.2, 0) is 9.59 Å². The molecule has 3 amide bonds. The van der Waals surface area contributed by atoms with Gasteiger partial charge in [-0.15, -0.1) is 11.8 Å². The number of hydrogen-bond donors (Lipinski definition) is 3. The number of hydrogen-bond acceptors (Lipinski definition) is 4. The third-order valence-corrected chi connectivity index (χ3v) is 7.78. The lowest BCUT2D eigenvalue weighted by molar-refractivity contribution is -0.116. The van der Waals surface area contributed by atoms with Crippen LogP contribution in [0.2, 0.25) is 0 Å². The Morgan fingerprint density at radius 1 is 0.881 bits per heavy atom. The minimum Gasteiger partial charge on any atom is -0.323 e. The summed E-state index contributed by atoms with van der Waals surface area (Å²) in [6.45, 7) is 1.85. The Morgan fingerprint density at radius 2 is 1.62 bits per heavy atom. The number of halogens is 3. The molecule has 4 rings (SSSR count). The SMILES string of the molecule is CCC(Sc1cccc(NC(=O)/C(=C/c2ccc(F)cc2)NC(=O)c2ccccc2)c1)C(=O)Nc1ccc(Br)cc1F. The molecular weight excluding hydrogens is 624 g/mol. The largest absolute Gasteiger partial charge is 0.323 e. The quantitative estimate of drug-likeness (QED) is 0.122. The van der Waals surface area contributed by atoms with Gasteiger partial charge in [0, 0.05) is 20.6 Å². The second-order valence-electron chi connectivity index (χ2n) is 9.04. The fraction of sp³-hybridized carbons (Fsp3) is 0.0938. The van der Waals surface area contributed by atoms with Crippen molar-refractivity contribution in [2.24, 2.45) is 0 Å². The maximum Gasteiger partial charge on any atom is 0.272 e. The normalized spacial score (nSPS) is 11.9. The fourth-order valence-corrected chi connectivity index (χ4v) is 5.15. The van der Waals surface area contributed by atoms with Gasteiger partial charge in [0.25, 0.3) is 11.8 Å². The van der Waals surface area contributed by atoms with E-state index >= 15 is 0 Å². The lowest BCUT2D eigenvalue weighted by Gasteiger charge is -2.16. The number of nitrogens with one attached hydrogen (secondary N) is 3. The zero-order valence-electron chi connectivity index (χ0n) is 22.4. The molecule has 0 spiro atoms. The van der Waals surface area contributed by atoms with Crippen LogP contribution in [0.25, 0.3) is 6.08 Å². The summed E-state index contributed by atoms with van der Waals surface area (Å²) < 4.78 is 28.2. The summed E-state index contributed by atoms with van der Waals surface area (Å²) in [7, 11) is 0. The molecular formula is C32H26BrF2N3O3S. The molecule has 3 N–H and O–H groups in total. The number of carbonyl (C=O) groups is 3. The molecule has 0 aliphatic rings. The van der Waals surface area contributed by atoms with Crippen molar-refractivity contribution in [3.8, 4) is 0 Å². The van der Waals surface area contributed by atoms with Gasteiger partial charge in [0.2, 0.25) is 5.91 Å². The summed E-state index contributed by atoms with van der Waals surface area (Å²) in [6.07, 6.45) is 1.92. The zero-order valence-corrected chi connectivity index (χ0v) is 24.8. The standard InChI is InChI=1S/C32H26BrF2N3O3S/c1-2-29(32(41)37-27-16-13-22(33)18-26(27)35)42-25-10-6-9-24(19-25)36-31(40)28(17-20-11-14-23(34)15-12-20)38-30(39)21-7-4-3-5-8-21/h3-19,29H,2H2,1H3,(H,36,40)(H,37,41)(H,38,39)/b28-17-. The smallest absolute Gasteiger partial charge is 0.272 e. The van der Waals surface area contributed by atoms with Crippen molar-refractivity contribution in [3.05, 3.63) is 130 Å². The van der Waals surface area contributed by atoms with Crippen LogP contribution in [-0.4, -0.2) is 23.0 Å². The van der Waals surface area contributed by atoms with E-state index < -0.39 is 28.7 Å². The van der Waals surface area contributed by atoms with E-state index in [9.17, 15) is 23.2 Å². The number of carbonyl (C=O) groups excluding carboxylic acids is 3. The highest BCUT2D eigenvalue weighted by Gasteiger charge is 2.20. The first-order chi connectivity index (χ1) is 20.2. The van der Waals surface area contributed by atoms with E-state index in [-0.39, 0.29) is 17.3 Å². The second-order valence-corrected chi connectivity index (χ2v) is 11.2. The van der Waals surface area contributed by atoms with E-state index in [1.54, 1.807) is 60.7 Å².